The van der Waals surface area contributed by atoms with E-state index < -0.39 is 60.5 Å². The summed E-state index contributed by atoms with van der Waals surface area (Å²) in [7, 11) is -5.07. The molecule has 0 bridgehead atoms. The lowest BCUT2D eigenvalue weighted by molar-refractivity contribution is -0.210. The Labute approximate surface area is 224 Å². The summed E-state index contributed by atoms with van der Waals surface area (Å²) in [5.74, 6) is -4.42. The van der Waals surface area contributed by atoms with E-state index in [0.717, 1.165) is 25.7 Å². The average Bonchev–Trinajstić information content (AvgIpc) is 3.18. The van der Waals surface area contributed by atoms with Gasteiger partial charge in [0.05, 0.1) is 4.90 Å². The van der Waals surface area contributed by atoms with Crippen LogP contribution in [-0.2, 0) is 24.2 Å². The number of benzene rings is 1. The van der Waals surface area contributed by atoms with Gasteiger partial charge in [0.15, 0.2) is 0 Å². The van der Waals surface area contributed by atoms with E-state index in [-0.39, 0.29) is 17.8 Å². The highest BCUT2D eigenvalue weighted by Crippen LogP contribution is 2.71. The van der Waals surface area contributed by atoms with Crippen molar-refractivity contribution in [2.45, 2.75) is 94.8 Å². The van der Waals surface area contributed by atoms with Crippen molar-refractivity contribution in [1.29, 1.82) is 0 Å². The Balaban J connectivity index is 1.65. The van der Waals surface area contributed by atoms with Crippen LogP contribution >= 0.6 is 0 Å². The van der Waals surface area contributed by atoms with E-state index in [1.165, 1.54) is 43.7 Å². The molecule has 0 aromatic heterocycles. The number of ketones is 1. The van der Waals surface area contributed by atoms with Crippen LogP contribution in [0.3, 0.4) is 0 Å². The molecule has 0 amide bonds. The van der Waals surface area contributed by atoms with Gasteiger partial charge in [0.2, 0.25) is 9.84 Å². The van der Waals surface area contributed by atoms with E-state index in [9.17, 15) is 18.0 Å². The summed E-state index contributed by atoms with van der Waals surface area (Å²) in [6.07, 6.45) is 7.60. The average molecular weight is 549 g/mol. The molecule has 0 aliphatic heterocycles. The number of sulfone groups is 1. The summed E-state index contributed by atoms with van der Waals surface area (Å²) in [6.45, 7) is 6.71. The first-order valence-electron chi connectivity index (χ1n) is 13.8. The van der Waals surface area contributed by atoms with Crippen molar-refractivity contribution >= 4 is 21.6 Å². The van der Waals surface area contributed by atoms with Crippen LogP contribution in [-0.4, -0.2) is 31.0 Å². The number of carbonyl (C=O) groups is 2. The molecule has 1 aromatic carbocycles. The van der Waals surface area contributed by atoms with E-state index in [2.05, 4.69) is 13.0 Å². The molecule has 1 aromatic rings. The monoisotopic (exact) mass is 548 g/mol. The van der Waals surface area contributed by atoms with E-state index in [4.69, 9.17) is 4.74 Å². The van der Waals surface area contributed by atoms with Crippen LogP contribution in [0.5, 0.6) is 0 Å². The van der Waals surface area contributed by atoms with Crippen LogP contribution in [0.25, 0.3) is 0 Å². The summed E-state index contributed by atoms with van der Waals surface area (Å²) in [6, 6.07) is 6.74. The summed E-state index contributed by atoms with van der Waals surface area (Å²) < 4.78 is 65.5. The Bertz CT molecular complexity index is 1270. The third kappa shape index (κ3) is 3.68. The van der Waals surface area contributed by atoms with Crippen LogP contribution in [0.2, 0.25) is 0 Å². The summed E-state index contributed by atoms with van der Waals surface area (Å²) >= 11 is 0. The third-order valence-electron chi connectivity index (χ3n) is 10.7. The number of hydrogen-bond donors (Lipinski definition) is 0. The molecule has 0 radical (unpaired) electrons. The molecule has 0 heterocycles. The first-order chi connectivity index (χ1) is 17.7. The fourth-order valence-corrected chi connectivity index (χ4v) is 10.7. The number of allylic oxidation sites excluding steroid dienone is 1. The van der Waals surface area contributed by atoms with Crippen molar-refractivity contribution in [3.63, 3.8) is 0 Å². The van der Waals surface area contributed by atoms with Gasteiger partial charge in [0.1, 0.15) is 11.4 Å². The summed E-state index contributed by atoms with van der Waals surface area (Å²) in [5.41, 5.74) is -0.831. The topological polar surface area (TPSA) is 77.5 Å². The molecule has 0 spiro atoms. The number of alkyl halides is 2. The van der Waals surface area contributed by atoms with E-state index in [1.807, 2.05) is 6.92 Å². The van der Waals surface area contributed by atoms with Gasteiger partial charge in [-0.2, -0.15) is 8.78 Å². The number of Topliss-reactive ketones (excluding diaryl/α,β-unsaturated/α-hetero) is 1. The van der Waals surface area contributed by atoms with E-state index in [0.29, 0.717) is 19.3 Å². The number of halogens is 2. The molecule has 4 aliphatic rings. The minimum Gasteiger partial charge on any atom is -0.458 e. The third-order valence-corrected chi connectivity index (χ3v) is 12.6. The molecule has 3 saturated carbocycles. The number of rotatable bonds is 5. The Morgan fingerprint density at radius 1 is 1.03 bits per heavy atom. The predicted molar refractivity (Wildman–Crippen MR) is 139 cm³/mol. The van der Waals surface area contributed by atoms with Gasteiger partial charge in [-0.25, -0.2) is 8.42 Å². The fourth-order valence-electron chi connectivity index (χ4n) is 9.26. The second kappa shape index (κ2) is 8.97. The molecule has 8 heteroatoms. The second-order valence-corrected chi connectivity index (χ2v) is 14.6. The quantitative estimate of drug-likeness (QED) is 0.309. The van der Waals surface area contributed by atoms with Crippen LogP contribution < -0.4 is 0 Å². The maximum Gasteiger partial charge on any atom is 0.353 e. The molecule has 0 N–H and O–H groups in total. The van der Waals surface area contributed by atoms with E-state index >= 15 is 8.78 Å². The zero-order chi connectivity index (χ0) is 27.7. The molecular formula is C30H38F2O5S. The molecule has 3 fully saturated rings. The number of fused-ring (bicyclic) bond motifs is 5. The van der Waals surface area contributed by atoms with Crippen LogP contribution in [0.15, 0.2) is 46.9 Å². The zero-order valence-electron chi connectivity index (χ0n) is 22.6. The molecule has 0 unspecified atom stereocenters. The lowest BCUT2D eigenvalue weighted by atomic mass is 9.45. The fraction of sp³-hybridized carbons (Fsp3) is 0.667. The van der Waals surface area contributed by atoms with Crippen LogP contribution in [0, 0.1) is 34.5 Å². The Morgan fingerprint density at radius 2 is 1.71 bits per heavy atom. The zero-order valence-corrected chi connectivity index (χ0v) is 23.5. The summed E-state index contributed by atoms with van der Waals surface area (Å²) in [5, 5.41) is -4.16. The van der Waals surface area contributed by atoms with Crippen molar-refractivity contribution in [2.75, 3.05) is 0 Å². The highest BCUT2D eigenvalue weighted by Gasteiger charge is 2.73. The molecule has 38 heavy (non-hydrogen) atoms. The normalized spacial score (nSPS) is 38.8. The highest BCUT2D eigenvalue weighted by molar-refractivity contribution is 7.92. The Morgan fingerprint density at radius 3 is 2.34 bits per heavy atom. The first-order valence-corrected chi connectivity index (χ1v) is 15.3. The van der Waals surface area contributed by atoms with Crippen molar-refractivity contribution < 1.29 is 31.5 Å². The number of ether oxygens (including phenoxy) is 1. The SMILES string of the molecule is CC(=O)O[C@@]12CC=C3CCCC[C@]3(C)[C@H]1CC[C@@]1(C)[C@H]2C[C@@H](C(F)(F)S(=O)(=O)c2ccccc2)[C@@H]1C(C)=O. The molecular weight excluding hydrogens is 510 g/mol. The van der Waals surface area contributed by atoms with Gasteiger partial charge in [-0.1, -0.05) is 50.1 Å². The van der Waals surface area contributed by atoms with Crippen molar-refractivity contribution in [3.05, 3.63) is 42.0 Å². The van der Waals surface area contributed by atoms with Crippen molar-refractivity contribution in [1.82, 2.24) is 0 Å². The molecule has 5 nitrogen and oxygen atoms in total. The molecule has 5 rings (SSSR count). The number of hydrogen-bond acceptors (Lipinski definition) is 5. The van der Waals surface area contributed by atoms with Crippen molar-refractivity contribution in [3.8, 4) is 0 Å². The standard InChI is InChI=1S/C30H38F2O5S/c1-19(33)26-23(30(31,32)38(35,36)22-11-6-5-7-12-22)18-25-28(26,4)16-14-24-27(3)15-9-8-10-21(27)13-17-29(24,25)37-20(2)34/h5-7,11-13,23-26H,8-10,14-18H2,1-4H3/t23-,24-,25-,26+,27+,28+,29+/m1/s1. The van der Waals surface area contributed by atoms with Gasteiger partial charge in [-0.15, -0.1) is 0 Å². The largest absolute Gasteiger partial charge is 0.458 e. The van der Waals surface area contributed by atoms with Crippen LogP contribution in [0.4, 0.5) is 8.78 Å². The highest BCUT2D eigenvalue weighted by atomic mass is 32.2. The molecule has 0 saturated heterocycles. The minimum atomic E-state index is -5.07. The van der Waals surface area contributed by atoms with Gasteiger partial charge >= 0.3 is 11.2 Å². The van der Waals surface area contributed by atoms with Gasteiger partial charge in [0, 0.05) is 37.0 Å². The maximum atomic E-state index is 16.3. The second-order valence-electron chi connectivity index (χ2n) is 12.6. The van der Waals surface area contributed by atoms with Gasteiger partial charge in [-0.3, -0.25) is 9.59 Å². The molecule has 4 aliphatic carbocycles. The maximum absolute atomic E-state index is 16.3. The number of esters is 1. The van der Waals surface area contributed by atoms with Crippen LogP contribution in [0.1, 0.15) is 79.1 Å². The predicted octanol–water partition coefficient (Wildman–Crippen LogP) is 6.52. The van der Waals surface area contributed by atoms with E-state index in [1.54, 1.807) is 6.07 Å². The van der Waals surface area contributed by atoms with Gasteiger partial charge in [0.25, 0.3) is 0 Å². The molecule has 7 atom stereocenters. The smallest absolute Gasteiger partial charge is 0.353 e. The summed E-state index contributed by atoms with van der Waals surface area (Å²) in [4.78, 5) is 25.3. The Hall–Kier alpha value is -2.09. The molecule has 208 valence electrons. The number of carbonyl (C=O) groups excluding carboxylic acids is 2. The minimum absolute atomic E-state index is 0.0667. The Kier molecular flexibility index (Phi) is 6.48. The van der Waals surface area contributed by atoms with Gasteiger partial charge < -0.3 is 4.74 Å². The lowest BCUT2D eigenvalue weighted by Gasteiger charge is -2.62. The lowest BCUT2D eigenvalue weighted by Crippen LogP contribution is -2.63. The first kappa shape index (κ1) is 27.5. The van der Waals surface area contributed by atoms with Gasteiger partial charge in [-0.05, 0) is 68.4 Å². The van der Waals surface area contributed by atoms with Crippen molar-refractivity contribution in [2.24, 2.45) is 34.5 Å².